The maximum absolute atomic E-state index is 4.36. The molecule has 2 aromatic heterocycles. The summed E-state index contributed by atoms with van der Waals surface area (Å²) in [6.45, 7) is 4.85. The first kappa shape index (κ1) is 8.87. The van der Waals surface area contributed by atoms with Crippen LogP contribution in [0.1, 0.15) is 12.7 Å². The van der Waals surface area contributed by atoms with Crippen molar-refractivity contribution in [1.29, 1.82) is 0 Å². The van der Waals surface area contributed by atoms with E-state index in [1.807, 2.05) is 23.7 Å². The van der Waals surface area contributed by atoms with Gasteiger partial charge in [0.05, 0.1) is 0 Å². The van der Waals surface area contributed by atoms with E-state index in [-0.39, 0.29) is 0 Å². The zero-order valence-corrected chi connectivity index (χ0v) is 8.31. The third kappa shape index (κ3) is 1.51. The van der Waals surface area contributed by atoms with Crippen molar-refractivity contribution in [2.24, 2.45) is 0 Å². The maximum Gasteiger partial charge on any atom is 0.182 e. The van der Waals surface area contributed by atoms with Crippen LogP contribution >= 0.6 is 0 Å². The number of nitrogens with zero attached hydrogens (tertiary/aromatic N) is 4. The Morgan fingerprint density at radius 1 is 1.43 bits per heavy atom. The summed E-state index contributed by atoms with van der Waals surface area (Å²) in [7, 11) is 0. The highest BCUT2D eigenvalue weighted by Gasteiger charge is 2.06. The van der Waals surface area contributed by atoms with Gasteiger partial charge >= 0.3 is 0 Å². The third-order valence-electron chi connectivity index (χ3n) is 2.08. The van der Waals surface area contributed by atoms with Crippen LogP contribution in [0, 0.1) is 6.92 Å². The number of hydrogen-bond donors (Lipinski definition) is 0. The molecule has 0 saturated carbocycles. The highest BCUT2D eigenvalue weighted by Crippen LogP contribution is 2.13. The average molecular weight is 188 g/mol. The summed E-state index contributed by atoms with van der Waals surface area (Å²) in [5.41, 5.74) is 0.961. The van der Waals surface area contributed by atoms with E-state index in [4.69, 9.17) is 0 Å². The lowest BCUT2D eigenvalue weighted by atomic mass is 10.3. The van der Waals surface area contributed by atoms with Gasteiger partial charge in [-0.15, -0.1) is 0 Å². The van der Waals surface area contributed by atoms with E-state index in [0.717, 1.165) is 23.8 Å². The van der Waals surface area contributed by atoms with Crippen LogP contribution in [0.4, 0.5) is 0 Å². The highest BCUT2D eigenvalue weighted by molar-refractivity contribution is 5.52. The van der Waals surface area contributed by atoms with Crippen molar-refractivity contribution in [1.82, 2.24) is 19.7 Å². The molecule has 0 aromatic carbocycles. The molecule has 0 N–H and O–H groups in total. The molecule has 2 rings (SSSR count). The zero-order chi connectivity index (χ0) is 9.97. The average Bonchev–Trinajstić information content (AvgIpc) is 2.61. The van der Waals surface area contributed by atoms with Crippen molar-refractivity contribution in [3.8, 4) is 11.4 Å². The molecule has 0 fully saturated rings. The minimum atomic E-state index is 0.748. The molecule has 2 heterocycles. The van der Waals surface area contributed by atoms with Crippen LogP contribution in [0.2, 0.25) is 0 Å². The van der Waals surface area contributed by atoms with E-state index >= 15 is 0 Å². The molecule has 4 heteroatoms. The number of aryl methyl sites for hydroxylation is 2. The van der Waals surface area contributed by atoms with Crippen molar-refractivity contribution in [3.05, 3.63) is 30.4 Å². The summed E-state index contributed by atoms with van der Waals surface area (Å²) in [6, 6.07) is 3.85. The Balaban J connectivity index is 2.43. The number of aromatic nitrogens is 4. The lowest BCUT2D eigenvalue weighted by Crippen LogP contribution is -1.98. The molecule has 0 amide bonds. The third-order valence-corrected chi connectivity index (χ3v) is 2.08. The highest BCUT2D eigenvalue weighted by atomic mass is 15.3. The smallest absolute Gasteiger partial charge is 0.182 e. The van der Waals surface area contributed by atoms with Gasteiger partial charge in [-0.2, -0.15) is 5.10 Å². The van der Waals surface area contributed by atoms with Gasteiger partial charge < -0.3 is 0 Å². The Hall–Kier alpha value is -1.71. The first-order chi connectivity index (χ1) is 6.81. The molecule has 0 aliphatic heterocycles. The van der Waals surface area contributed by atoms with E-state index in [2.05, 4.69) is 22.0 Å². The molecular weight excluding hydrogens is 176 g/mol. The van der Waals surface area contributed by atoms with Crippen molar-refractivity contribution >= 4 is 0 Å². The normalized spacial score (nSPS) is 10.4. The summed E-state index contributed by atoms with van der Waals surface area (Å²) >= 11 is 0. The van der Waals surface area contributed by atoms with E-state index in [9.17, 15) is 0 Å². The molecule has 14 heavy (non-hydrogen) atoms. The molecule has 0 spiro atoms. The van der Waals surface area contributed by atoms with Gasteiger partial charge in [0.2, 0.25) is 0 Å². The molecule has 2 aromatic rings. The van der Waals surface area contributed by atoms with Gasteiger partial charge in [0, 0.05) is 24.5 Å². The van der Waals surface area contributed by atoms with Gasteiger partial charge in [0.25, 0.3) is 0 Å². The zero-order valence-electron chi connectivity index (χ0n) is 8.31. The number of hydrogen-bond acceptors (Lipinski definition) is 3. The Bertz CT molecular complexity index is 419. The Kier molecular flexibility index (Phi) is 2.26. The van der Waals surface area contributed by atoms with Crippen LogP contribution in [0.3, 0.4) is 0 Å². The fourth-order valence-corrected chi connectivity index (χ4v) is 1.34. The summed E-state index contributed by atoms with van der Waals surface area (Å²) in [4.78, 5) is 8.40. The maximum atomic E-state index is 4.36. The van der Waals surface area contributed by atoms with Gasteiger partial charge in [-0.25, -0.2) is 4.98 Å². The molecule has 72 valence electrons. The monoisotopic (exact) mass is 188 g/mol. The SMILES string of the molecule is CCn1nc(-c2cccnc2)nc1C. The molecule has 0 aliphatic carbocycles. The second-order valence-electron chi connectivity index (χ2n) is 3.04. The first-order valence-electron chi connectivity index (χ1n) is 4.63. The van der Waals surface area contributed by atoms with Crippen LogP contribution in [-0.4, -0.2) is 19.7 Å². The first-order valence-corrected chi connectivity index (χ1v) is 4.63. The van der Waals surface area contributed by atoms with E-state index in [1.165, 1.54) is 0 Å². The van der Waals surface area contributed by atoms with Gasteiger partial charge in [0.15, 0.2) is 5.82 Å². The lowest BCUT2D eigenvalue weighted by Gasteiger charge is -1.94. The topological polar surface area (TPSA) is 43.6 Å². The largest absolute Gasteiger partial charge is 0.264 e. The Morgan fingerprint density at radius 3 is 2.86 bits per heavy atom. The second kappa shape index (κ2) is 3.57. The fraction of sp³-hybridized carbons (Fsp3) is 0.300. The van der Waals surface area contributed by atoms with Crippen molar-refractivity contribution in [2.75, 3.05) is 0 Å². The van der Waals surface area contributed by atoms with Crippen molar-refractivity contribution in [3.63, 3.8) is 0 Å². The summed E-state index contributed by atoms with van der Waals surface area (Å²) < 4.78 is 1.88. The summed E-state index contributed by atoms with van der Waals surface area (Å²) in [5.74, 6) is 1.68. The molecule has 0 radical (unpaired) electrons. The summed E-state index contributed by atoms with van der Waals surface area (Å²) in [5, 5.41) is 4.36. The Labute approximate surface area is 82.6 Å². The summed E-state index contributed by atoms with van der Waals surface area (Å²) in [6.07, 6.45) is 3.52. The predicted molar refractivity (Wildman–Crippen MR) is 53.7 cm³/mol. The standard InChI is InChI=1S/C10H12N4/c1-3-14-8(2)12-10(13-14)9-5-4-6-11-7-9/h4-7H,3H2,1-2H3. The van der Waals surface area contributed by atoms with Gasteiger partial charge in [-0.1, -0.05) is 0 Å². The Morgan fingerprint density at radius 2 is 2.29 bits per heavy atom. The number of pyridine rings is 1. The van der Waals surface area contributed by atoms with Crippen molar-refractivity contribution < 1.29 is 0 Å². The molecule has 0 saturated heterocycles. The minimum Gasteiger partial charge on any atom is -0.264 e. The lowest BCUT2D eigenvalue weighted by molar-refractivity contribution is 0.637. The molecule has 0 unspecified atom stereocenters. The quantitative estimate of drug-likeness (QED) is 0.720. The van der Waals surface area contributed by atoms with Crippen molar-refractivity contribution in [2.45, 2.75) is 20.4 Å². The van der Waals surface area contributed by atoms with E-state index in [0.29, 0.717) is 0 Å². The van der Waals surface area contributed by atoms with Gasteiger partial charge in [-0.3, -0.25) is 9.67 Å². The van der Waals surface area contributed by atoms with E-state index in [1.54, 1.807) is 12.4 Å². The second-order valence-corrected chi connectivity index (χ2v) is 3.04. The molecule has 4 nitrogen and oxygen atoms in total. The molecule has 0 bridgehead atoms. The molecular formula is C10H12N4. The predicted octanol–water partition coefficient (Wildman–Crippen LogP) is 1.67. The van der Waals surface area contributed by atoms with Crippen LogP contribution in [0.5, 0.6) is 0 Å². The van der Waals surface area contributed by atoms with Gasteiger partial charge in [-0.05, 0) is 26.0 Å². The minimum absolute atomic E-state index is 0.748. The van der Waals surface area contributed by atoms with E-state index < -0.39 is 0 Å². The van der Waals surface area contributed by atoms with Crippen LogP contribution in [-0.2, 0) is 6.54 Å². The fourth-order valence-electron chi connectivity index (χ4n) is 1.34. The van der Waals surface area contributed by atoms with Crippen LogP contribution < -0.4 is 0 Å². The number of rotatable bonds is 2. The van der Waals surface area contributed by atoms with Crippen LogP contribution in [0.25, 0.3) is 11.4 Å². The van der Waals surface area contributed by atoms with Crippen LogP contribution in [0.15, 0.2) is 24.5 Å². The molecule has 0 atom stereocenters. The molecule has 0 aliphatic rings. The van der Waals surface area contributed by atoms with Gasteiger partial charge in [0.1, 0.15) is 5.82 Å².